The predicted molar refractivity (Wildman–Crippen MR) is 76.7 cm³/mol. The Morgan fingerprint density at radius 2 is 1.78 bits per heavy atom. The van der Waals surface area contributed by atoms with E-state index < -0.39 is 0 Å². The molecular formula is C17H15N. The lowest BCUT2D eigenvalue weighted by atomic mass is 9.97. The van der Waals surface area contributed by atoms with E-state index in [1.165, 1.54) is 27.6 Å². The maximum atomic E-state index is 4.42. The largest absolute Gasteiger partial charge is 0.256 e. The molecule has 0 atom stereocenters. The summed E-state index contributed by atoms with van der Waals surface area (Å²) in [5.74, 6) is 0. The molecular weight excluding hydrogens is 218 g/mol. The molecule has 1 aromatic heterocycles. The highest BCUT2D eigenvalue weighted by molar-refractivity contribution is 5.84. The third kappa shape index (κ3) is 1.88. The number of nitrogens with zero attached hydrogens (tertiary/aromatic N) is 1. The minimum absolute atomic E-state index is 1.05. The molecule has 0 N–H and O–H groups in total. The van der Waals surface area contributed by atoms with Crippen molar-refractivity contribution in [1.29, 1.82) is 0 Å². The Kier molecular flexibility index (Phi) is 2.60. The molecule has 0 bridgehead atoms. The van der Waals surface area contributed by atoms with Gasteiger partial charge in [-0.2, -0.15) is 0 Å². The lowest BCUT2D eigenvalue weighted by Crippen LogP contribution is -1.86. The van der Waals surface area contributed by atoms with Crippen molar-refractivity contribution in [3.63, 3.8) is 0 Å². The van der Waals surface area contributed by atoms with Gasteiger partial charge in [0.05, 0.1) is 5.52 Å². The normalized spacial score (nSPS) is 10.8. The fourth-order valence-corrected chi connectivity index (χ4v) is 2.28. The second-order valence-electron chi connectivity index (χ2n) is 4.73. The third-order valence-corrected chi connectivity index (χ3v) is 3.31. The van der Waals surface area contributed by atoms with E-state index in [9.17, 15) is 0 Å². The van der Waals surface area contributed by atoms with E-state index in [1.807, 2.05) is 12.3 Å². The monoisotopic (exact) mass is 233 g/mol. The summed E-state index contributed by atoms with van der Waals surface area (Å²) in [4.78, 5) is 4.42. The molecule has 3 rings (SSSR count). The topological polar surface area (TPSA) is 12.9 Å². The molecule has 0 aliphatic carbocycles. The van der Waals surface area contributed by atoms with Gasteiger partial charge in [0.15, 0.2) is 0 Å². The van der Waals surface area contributed by atoms with E-state index in [-0.39, 0.29) is 0 Å². The zero-order valence-corrected chi connectivity index (χ0v) is 10.6. The lowest BCUT2D eigenvalue weighted by Gasteiger charge is -2.08. The number of fused-ring (bicyclic) bond motifs is 1. The molecule has 0 spiro atoms. The van der Waals surface area contributed by atoms with Crippen LogP contribution in [0.1, 0.15) is 11.1 Å². The molecule has 2 aromatic carbocycles. The maximum absolute atomic E-state index is 4.42. The Morgan fingerprint density at radius 3 is 2.67 bits per heavy atom. The zero-order valence-electron chi connectivity index (χ0n) is 10.6. The Balaban J connectivity index is 2.22. The van der Waals surface area contributed by atoms with Crippen LogP contribution in [0.5, 0.6) is 0 Å². The van der Waals surface area contributed by atoms with Crippen molar-refractivity contribution >= 4 is 10.9 Å². The number of rotatable bonds is 1. The number of hydrogen-bond donors (Lipinski definition) is 0. The fourth-order valence-electron chi connectivity index (χ4n) is 2.28. The average molecular weight is 233 g/mol. The molecule has 1 heteroatoms. The first kappa shape index (κ1) is 11.0. The lowest BCUT2D eigenvalue weighted by molar-refractivity contribution is 1.38. The van der Waals surface area contributed by atoms with Crippen molar-refractivity contribution in [2.75, 3.05) is 0 Å². The second kappa shape index (κ2) is 4.26. The van der Waals surface area contributed by atoms with Crippen LogP contribution in [0.3, 0.4) is 0 Å². The minimum Gasteiger partial charge on any atom is -0.256 e. The molecule has 0 saturated heterocycles. The summed E-state index contributed by atoms with van der Waals surface area (Å²) in [6.07, 6.45) is 1.84. The zero-order chi connectivity index (χ0) is 12.5. The smallest absolute Gasteiger partial charge is 0.0708 e. The van der Waals surface area contributed by atoms with Crippen molar-refractivity contribution in [1.82, 2.24) is 4.98 Å². The van der Waals surface area contributed by atoms with Crippen LogP contribution in [0, 0.1) is 13.8 Å². The quantitative estimate of drug-likeness (QED) is 0.602. The number of aromatic nitrogens is 1. The fraction of sp³-hybridized carbons (Fsp3) is 0.118. The van der Waals surface area contributed by atoms with E-state index in [0.717, 1.165) is 5.52 Å². The van der Waals surface area contributed by atoms with Crippen LogP contribution in [-0.4, -0.2) is 4.98 Å². The van der Waals surface area contributed by atoms with Crippen LogP contribution in [0.25, 0.3) is 22.0 Å². The number of hydrogen-bond acceptors (Lipinski definition) is 1. The Morgan fingerprint density at radius 1 is 0.889 bits per heavy atom. The standard InChI is InChI=1S/C17H15N/c1-12-5-6-13(2)16(10-12)15-8-7-14-4-3-9-18-17(14)11-15/h3-11H,1-2H3. The van der Waals surface area contributed by atoms with Gasteiger partial charge in [-0.15, -0.1) is 0 Å². The second-order valence-corrected chi connectivity index (χ2v) is 4.73. The van der Waals surface area contributed by atoms with Gasteiger partial charge in [-0.05, 0) is 42.7 Å². The molecule has 3 aromatic rings. The summed E-state index contributed by atoms with van der Waals surface area (Å²) >= 11 is 0. The molecule has 0 radical (unpaired) electrons. The van der Waals surface area contributed by atoms with Crippen molar-refractivity contribution in [2.45, 2.75) is 13.8 Å². The van der Waals surface area contributed by atoms with Crippen LogP contribution in [-0.2, 0) is 0 Å². The maximum Gasteiger partial charge on any atom is 0.0708 e. The van der Waals surface area contributed by atoms with Crippen LogP contribution in [0.4, 0.5) is 0 Å². The molecule has 1 heterocycles. The molecule has 0 unspecified atom stereocenters. The molecule has 0 fully saturated rings. The van der Waals surface area contributed by atoms with Gasteiger partial charge >= 0.3 is 0 Å². The Hall–Kier alpha value is -2.15. The van der Waals surface area contributed by atoms with Gasteiger partial charge < -0.3 is 0 Å². The van der Waals surface area contributed by atoms with E-state index >= 15 is 0 Å². The third-order valence-electron chi connectivity index (χ3n) is 3.31. The van der Waals surface area contributed by atoms with Crippen molar-refractivity contribution in [3.8, 4) is 11.1 Å². The SMILES string of the molecule is Cc1ccc(C)c(-c2ccc3cccnc3c2)c1. The van der Waals surface area contributed by atoms with Crippen molar-refractivity contribution < 1.29 is 0 Å². The van der Waals surface area contributed by atoms with E-state index in [1.54, 1.807) is 0 Å². The molecule has 88 valence electrons. The number of pyridine rings is 1. The predicted octanol–water partition coefficient (Wildman–Crippen LogP) is 4.52. The molecule has 0 amide bonds. The molecule has 0 aliphatic rings. The van der Waals surface area contributed by atoms with E-state index in [0.29, 0.717) is 0 Å². The van der Waals surface area contributed by atoms with Gasteiger partial charge in [0.1, 0.15) is 0 Å². The number of aryl methyl sites for hydroxylation is 2. The average Bonchev–Trinajstić information content (AvgIpc) is 2.41. The molecule has 0 saturated carbocycles. The van der Waals surface area contributed by atoms with Crippen molar-refractivity contribution in [3.05, 3.63) is 65.9 Å². The van der Waals surface area contributed by atoms with Gasteiger partial charge in [0, 0.05) is 11.6 Å². The van der Waals surface area contributed by atoms with Gasteiger partial charge in [0.2, 0.25) is 0 Å². The van der Waals surface area contributed by atoms with E-state index in [4.69, 9.17) is 0 Å². The first-order valence-corrected chi connectivity index (χ1v) is 6.16. The highest BCUT2D eigenvalue weighted by Crippen LogP contribution is 2.27. The van der Waals surface area contributed by atoms with Crippen molar-refractivity contribution in [2.24, 2.45) is 0 Å². The van der Waals surface area contributed by atoms with Crippen LogP contribution >= 0.6 is 0 Å². The van der Waals surface area contributed by atoms with Gasteiger partial charge in [-0.3, -0.25) is 4.98 Å². The van der Waals surface area contributed by atoms with Crippen LogP contribution in [0.15, 0.2) is 54.7 Å². The number of benzene rings is 2. The Labute approximate surface area is 107 Å². The Bertz CT molecular complexity index is 714. The molecule has 1 nitrogen and oxygen atoms in total. The molecule has 18 heavy (non-hydrogen) atoms. The van der Waals surface area contributed by atoms with Crippen LogP contribution in [0.2, 0.25) is 0 Å². The summed E-state index contributed by atoms with van der Waals surface area (Å²) in [7, 11) is 0. The molecule has 0 aliphatic heterocycles. The summed E-state index contributed by atoms with van der Waals surface area (Å²) in [5, 5.41) is 1.19. The van der Waals surface area contributed by atoms with Crippen LogP contribution < -0.4 is 0 Å². The van der Waals surface area contributed by atoms with Gasteiger partial charge in [-0.1, -0.05) is 42.0 Å². The first-order valence-electron chi connectivity index (χ1n) is 6.16. The summed E-state index contributed by atoms with van der Waals surface area (Å²) < 4.78 is 0. The highest BCUT2D eigenvalue weighted by atomic mass is 14.6. The first-order chi connectivity index (χ1) is 8.74. The summed E-state index contributed by atoms with van der Waals surface area (Å²) in [5.41, 5.74) is 6.17. The minimum atomic E-state index is 1.05. The summed E-state index contributed by atoms with van der Waals surface area (Å²) in [6, 6.07) is 17.1. The van der Waals surface area contributed by atoms with E-state index in [2.05, 4.69) is 61.3 Å². The highest BCUT2D eigenvalue weighted by Gasteiger charge is 2.03. The van der Waals surface area contributed by atoms with Gasteiger partial charge in [-0.25, -0.2) is 0 Å². The van der Waals surface area contributed by atoms with Gasteiger partial charge in [0.25, 0.3) is 0 Å². The summed E-state index contributed by atoms with van der Waals surface area (Å²) in [6.45, 7) is 4.28.